The third-order valence-electron chi connectivity index (χ3n) is 6.50. The molecular weight excluding hydrogens is 470 g/mol. The minimum atomic E-state index is -0.786. The Kier molecular flexibility index (Phi) is 14.9. The van der Waals surface area contributed by atoms with Crippen molar-refractivity contribution in [2.75, 3.05) is 40.0 Å². The Morgan fingerprint density at radius 1 is 1.20 bits per heavy atom. The molecule has 2 rings (SSSR count). The van der Waals surface area contributed by atoms with E-state index in [1.165, 1.54) is 0 Å². The number of halogens is 1. The first kappa shape index (κ1) is 31.2. The van der Waals surface area contributed by atoms with Crippen LogP contribution >= 0.6 is 12.4 Å². The molecule has 0 bridgehead atoms. The smallest absolute Gasteiger partial charge is 0.255 e. The van der Waals surface area contributed by atoms with Crippen molar-refractivity contribution < 1.29 is 24.2 Å². The highest BCUT2D eigenvalue weighted by atomic mass is 35.5. The van der Waals surface area contributed by atoms with E-state index in [9.17, 15) is 14.7 Å². The topological polar surface area (TPSA) is 114 Å². The predicted octanol–water partition coefficient (Wildman–Crippen LogP) is 3.01. The number of nitrogens with two attached hydrogens (primary N) is 1. The highest BCUT2D eigenvalue weighted by molar-refractivity contribution is 5.96. The van der Waals surface area contributed by atoms with E-state index in [1.807, 2.05) is 12.1 Å². The van der Waals surface area contributed by atoms with E-state index in [4.69, 9.17) is 15.2 Å². The molecule has 1 saturated heterocycles. The Morgan fingerprint density at radius 3 is 2.60 bits per heavy atom. The first-order chi connectivity index (χ1) is 16.3. The summed E-state index contributed by atoms with van der Waals surface area (Å²) in [5.74, 6) is 0.822. The quantitative estimate of drug-likeness (QED) is 0.311. The van der Waals surface area contributed by atoms with E-state index in [1.54, 1.807) is 24.1 Å². The lowest BCUT2D eigenvalue weighted by molar-refractivity contribution is -0.135. The molecular formula is C26H44ClN3O5. The number of unbranched alkanes of at least 4 members (excludes halogenated alkanes) is 1. The lowest BCUT2D eigenvalue weighted by Crippen LogP contribution is -2.48. The molecule has 0 saturated carbocycles. The summed E-state index contributed by atoms with van der Waals surface area (Å²) in [6, 6.07) is 6.77. The first-order valence-electron chi connectivity index (χ1n) is 12.5. The molecule has 1 aliphatic heterocycles. The van der Waals surface area contributed by atoms with Crippen molar-refractivity contribution in [3.05, 3.63) is 29.8 Å². The van der Waals surface area contributed by atoms with Crippen LogP contribution < -0.4 is 15.8 Å². The molecule has 1 aromatic carbocycles. The average molecular weight is 514 g/mol. The van der Waals surface area contributed by atoms with Crippen molar-refractivity contribution in [1.29, 1.82) is 0 Å². The zero-order valence-corrected chi connectivity index (χ0v) is 22.2. The number of nitrogens with zero attached hydrogens (tertiary/aromatic N) is 1. The maximum absolute atomic E-state index is 12.9. The Morgan fingerprint density at radius 2 is 1.91 bits per heavy atom. The number of benzene rings is 1. The largest absolute Gasteiger partial charge is 0.493 e. The van der Waals surface area contributed by atoms with Gasteiger partial charge in [0.1, 0.15) is 5.75 Å². The number of methoxy groups -OCH3 is 1. The van der Waals surface area contributed by atoms with Crippen LogP contribution in [0.4, 0.5) is 0 Å². The van der Waals surface area contributed by atoms with Gasteiger partial charge in [-0.25, -0.2) is 0 Å². The standard InChI is InChI=1S/C26H43N3O5.ClH/c1-19(2)20(16-22(27)23(30)18-29-13-7-6-12-25(29)31)17-28-26(32)21-10-4-5-11-24(21)34-15-9-8-14-33-3;/h4-5,10-11,19-20,22-23,30H,6-9,12-18,27H2,1-3H3,(H,28,32);1H. The molecule has 4 N–H and O–H groups in total. The number of carbonyl (C=O) groups is 2. The minimum Gasteiger partial charge on any atom is -0.493 e. The van der Waals surface area contributed by atoms with Gasteiger partial charge in [0, 0.05) is 45.8 Å². The molecule has 1 fully saturated rings. The highest BCUT2D eigenvalue weighted by Crippen LogP contribution is 2.21. The van der Waals surface area contributed by atoms with Gasteiger partial charge in [0.25, 0.3) is 5.91 Å². The van der Waals surface area contributed by atoms with Crippen LogP contribution in [0.25, 0.3) is 0 Å². The SMILES string of the molecule is COCCCCOc1ccccc1C(=O)NCC(CC(N)C(O)CN1CCCCC1=O)C(C)C.Cl. The minimum absolute atomic E-state index is 0. The molecule has 1 heterocycles. The summed E-state index contributed by atoms with van der Waals surface area (Å²) in [7, 11) is 1.67. The fourth-order valence-electron chi connectivity index (χ4n) is 4.14. The van der Waals surface area contributed by atoms with Crippen LogP contribution in [0, 0.1) is 11.8 Å². The van der Waals surface area contributed by atoms with Gasteiger partial charge >= 0.3 is 0 Å². The van der Waals surface area contributed by atoms with E-state index in [-0.39, 0.29) is 42.6 Å². The van der Waals surface area contributed by atoms with Gasteiger partial charge < -0.3 is 30.5 Å². The number of piperidine rings is 1. The molecule has 0 spiro atoms. The van der Waals surface area contributed by atoms with Crippen LogP contribution in [0.2, 0.25) is 0 Å². The van der Waals surface area contributed by atoms with Crippen molar-refractivity contribution in [3.63, 3.8) is 0 Å². The number of para-hydroxylation sites is 1. The zero-order chi connectivity index (χ0) is 24.9. The number of ether oxygens (including phenoxy) is 2. The molecule has 3 unspecified atom stereocenters. The summed E-state index contributed by atoms with van der Waals surface area (Å²) in [6.45, 7) is 6.78. The Labute approximate surface area is 216 Å². The van der Waals surface area contributed by atoms with Crippen LogP contribution in [0.3, 0.4) is 0 Å². The zero-order valence-electron chi connectivity index (χ0n) is 21.4. The molecule has 9 heteroatoms. The van der Waals surface area contributed by atoms with Gasteiger partial charge in [-0.2, -0.15) is 0 Å². The van der Waals surface area contributed by atoms with Crippen LogP contribution in [0.1, 0.15) is 62.7 Å². The second-order valence-corrected chi connectivity index (χ2v) is 9.52. The fraction of sp³-hybridized carbons (Fsp3) is 0.692. The van der Waals surface area contributed by atoms with Crippen LogP contribution in [0.5, 0.6) is 5.75 Å². The predicted molar refractivity (Wildman–Crippen MR) is 140 cm³/mol. The number of rotatable bonds is 15. The maximum Gasteiger partial charge on any atom is 0.255 e. The second kappa shape index (κ2) is 16.7. The van der Waals surface area contributed by atoms with Gasteiger partial charge in [0.05, 0.1) is 18.3 Å². The number of β-amino-alcohol motifs (C(OH)–C–C–N with tert-alkyl or cyclic N) is 1. The molecule has 0 radical (unpaired) electrons. The van der Waals surface area contributed by atoms with Crippen molar-refractivity contribution in [2.24, 2.45) is 17.6 Å². The number of aliphatic hydroxyl groups is 1. The molecule has 35 heavy (non-hydrogen) atoms. The Bertz CT molecular complexity index is 764. The normalized spacial score (nSPS) is 16.4. The van der Waals surface area contributed by atoms with Gasteiger partial charge in [0.15, 0.2) is 0 Å². The average Bonchev–Trinajstić information content (AvgIpc) is 2.82. The molecule has 3 atom stereocenters. The number of aliphatic hydroxyl groups excluding tert-OH is 1. The van der Waals surface area contributed by atoms with E-state index >= 15 is 0 Å². The summed E-state index contributed by atoms with van der Waals surface area (Å²) in [5, 5.41) is 13.6. The lowest BCUT2D eigenvalue weighted by Gasteiger charge is -2.32. The van der Waals surface area contributed by atoms with Crippen LogP contribution in [-0.4, -0.2) is 73.9 Å². The van der Waals surface area contributed by atoms with Crippen molar-refractivity contribution >= 4 is 24.2 Å². The summed E-state index contributed by atoms with van der Waals surface area (Å²) in [4.78, 5) is 26.7. The number of nitrogens with one attached hydrogen (secondary N) is 1. The van der Waals surface area contributed by atoms with E-state index in [2.05, 4.69) is 19.2 Å². The van der Waals surface area contributed by atoms with E-state index in [0.29, 0.717) is 50.5 Å². The number of hydrogen-bond acceptors (Lipinski definition) is 6. The third kappa shape index (κ3) is 10.7. The van der Waals surface area contributed by atoms with Gasteiger partial charge in [-0.3, -0.25) is 9.59 Å². The maximum atomic E-state index is 12.9. The Balaban J connectivity index is 0.00000612. The number of likely N-dealkylation sites (tertiary alicyclic amines) is 1. The molecule has 0 aliphatic carbocycles. The second-order valence-electron chi connectivity index (χ2n) is 9.52. The molecule has 8 nitrogen and oxygen atoms in total. The van der Waals surface area contributed by atoms with Gasteiger partial charge in [-0.15, -0.1) is 12.4 Å². The van der Waals surface area contributed by atoms with E-state index in [0.717, 1.165) is 25.7 Å². The molecule has 2 amide bonds. The molecule has 1 aromatic rings. The van der Waals surface area contributed by atoms with E-state index < -0.39 is 12.1 Å². The monoisotopic (exact) mass is 513 g/mol. The molecule has 1 aliphatic rings. The fourth-order valence-corrected chi connectivity index (χ4v) is 4.14. The third-order valence-corrected chi connectivity index (χ3v) is 6.50. The van der Waals surface area contributed by atoms with Crippen molar-refractivity contribution in [3.8, 4) is 5.75 Å². The summed E-state index contributed by atoms with van der Waals surface area (Å²) < 4.78 is 10.9. The Hall–Kier alpha value is -1.87. The number of hydrogen-bond donors (Lipinski definition) is 3. The summed E-state index contributed by atoms with van der Waals surface area (Å²) in [5.41, 5.74) is 6.82. The molecule has 0 aromatic heterocycles. The van der Waals surface area contributed by atoms with Crippen molar-refractivity contribution in [2.45, 2.75) is 64.5 Å². The highest BCUT2D eigenvalue weighted by Gasteiger charge is 2.27. The van der Waals surface area contributed by atoms with Crippen molar-refractivity contribution in [1.82, 2.24) is 10.2 Å². The molecule has 200 valence electrons. The summed E-state index contributed by atoms with van der Waals surface area (Å²) >= 11 is 0. The lowest BCUT2D eigenvalue weighted by atomic mass is 9.87. The van der Waals surface area contributed by atoms with Crippen LogP contribution in [0.15, 0.2) is 24.3 Å². The van der Waals surface area contributed by atoms with Gasteiger partial charge in [0.2, 0.25) is 5.91 Å². The van der Waals surface area contributed by atoms with Gasteiger partial charge in [-0.1, -0.05) is 26.0 Å². The summed E-state index contributed by atoms with van der Waals surface area (Å²) in [6.07, 6.45) is 3.94. The number of amides is 2. The first-order valence-corrected chi connectivity index (χ1v) is 12.5. The van der Waals surface area contributed by atoms with Gasteiger partial charge in [-0.05, 0) is 56.1 Å². The van der Waals surface area contributed by atoms with Crippen LogP contribution in [-0.2, 0) is 9.53 Å². The number of carbonyl (C=O) groups excluding carboxylic acids is 2.